The molecule has 0 unspecified atom stereocenters. The van der Waals surface area contributed by atoms with Crippen LogP contribution in [0.3, 0.4) is 0 Å². The summed E-state index contributed by atoms with van der Waals surface area (Å²) >= 11 is 0. The van der Waals surface area contributed by atoms with Gasteiger partial charge in [0.1, 0.15) is 16.5 Å². The Balaban J connectivity index is -0.000000256. The summed E-state index contributed by atoms with van der Waals surface area (Å²) in [7, 11) is 1.72. The minimum absolute atomic E-state index is 0. The van der Waals surface area contributed by atoms with Crippen LogP contribution in [0.15, 0.2) is 0 Å². The van der Waals surface area contributed by atoms with Gasteiger partial charge in [0, 0.05) is 0 Å². The van der Waals surface area contributed by atoms with Gasteiger partial charge in [-0.25, -0.2) is 0 Å². The van der Waals surface area contributed by atoms with Crippen LogP contribution in [0.4, 0.5) is 0 Å². The Hall–Kier alpha value is 2.27. The van der Waals surface area contributed by atoms with Gasteiger partial charge in [0.2, 0.25) is 0 Å². The van der Waals surface area contributed by atoms with Crippen LogP contribution in [0.2, 0.25) is 65.5 Å². The molecule has 0 saturated carbocycles. The molecule has 0 bridgehead atoms. The molecule has 0 amide bonds. The van der Waals surface area contributed by atoms with E-state index in [0.717, 1.165) is 0 Å². The molecule has 0 atom stereocenters. The van der Waals surface area contributed by atoms with Gasteiger partial charge in [0.25, 0.3) is 0 Å². The molecule has 0 aromatic carbocycles. The molecule has 2 nitrogen and oxygen atoms in total. The van der Waals surface area contributed by atoms with Gasteiger partial charge in [-0.1, -0.05) is 65.5 Å². The maximum atomic E-state index is 2.63. The predicted octanol–water partition coefficient (Wildman–Crippen LogP) is 2.56. The molecular weight excluding hydrogens is 372 g/mol. The maximum absolute atomic E-state index is 2.63. The van der Waals surface area contributed by atoms with Crippen LogP contribution in [-0.2, 0) is 0 Å². The minimum atomic E-state index is -0.929. The zero-order valence-corrected chi connectivity index (χ0v) is 19.4. The second kappa shape index (κ2) is 10.9. The molecule has 0 aromatic rings. The first kappa shape index (κ1) is 26.2. The van der Waals surface area contributed by atoms with Crippen molar-refractivity contribution in [1.82, 2.24) is 8.46 Å². The van der Waals surface area contributed by atoms with E-state index >= 15 is 0 Å². The van der Waals surface area contributed by atoms with Gasteiger partial charge in [0.15, 0.2) is 0 Å². The fourth-order valence-electron chi connectivity index (χ4n) is 1.55. The Morgan fingerprint density at radius 2 is 0.737 bits per heavy atom. The van der Waals surface area contributed by atoms with Gasteiger partial charge in [-0.15, -0.1) is 0 Å². The molecule has 0 aliphatic carbocycles. The van der Waals surface area contributed by atoms with E-state index < -0.39 is 34.4 Å². The van der Waals surface area contributed by atoms with Crippen molar-refractivity contribution in [2.45, 2.75) is 65.5 Å². The summed E-state index contributed by atoms with van der Waals surface area (Å²) in [5.74, 6) is 0. The molecule has 0 fully saturated rings. The Morgan fingerprint density at radius 1 is 0.579 bits per heavy atom. The van der Waals surface area contributed by atoms with Gasteiger partial charge >= 0.3 is 45.5 Å². The summed E-state index contributed by atoms with van der Waals surface area (Å²) in [4.78, 5) is 0. The molecule has 7 heteroatoms. The van der Waals surface area contributed by atoms with Crippen molar-refractivity contribution >= 4 is 79.9 Å². The third-order valence-corrected chi connectivity index (χ3v) is 18.7. The summed E-state index contributed by atoms with van der Waals surface area (Å²) in [5, 5.41) is 0. The van der Waals surface area contributed by atoms with Gasteiger partial charge in [0.05, 0.1) is 17.9 Å². The molecule has 0 N–H and O–H groups in total. The van der Waals surface area contributed by atoms with Crippen LogP contribution < -0.4 is 0 Å². The van der Waals surface area contributed by atoms with Gasteiger partial charge in [-0.2, -0.15) is 0 Å². The van der Waals surface area contributed by atoms with Crippen molar-refractivity contribution in [3.63, 3.8) is 0 Å². The van der Waals surface area contributed by atoms with Crippen molar-refractivity contribution in [2.24, 2.45) is 0 Å². The van der Waals surface area contributed by atoms with Crippen molar-refractivity contribution in [3.05, 3.63) is 0 Å². The zero-order chi connectivity index (χ0) is 15.3. The van der Waals surface area contributed by atoms with E-state index in [9.17, 15) is 0 Å². The van der Waals surface area contributed by atoms with Crippen LogP contribution in [0.25, 0.3) is 0 Å². The predicted molar refractivity (Wildman–Crippen MR) is 109 cm³/mol. The molecule has 0 rings (SSSR count). The van der Waals surface area contributed by atoms with E-state index in [4.69, 9.17) is 0 Å². The summed E-state index contributed by atoms with van der Waals surface area (Å²) in [5.41, 5.74) is 0. The van der Waals surface area contributed by atoms with Gasteiger partial charge in [-0.05, 0) is 14.1 Å². The van der Waals surface area contributed by atoms with E-state index in [-0.39, 0.29) is 45.5 Å². The van der Waals surface area contributed by atoms with Crippen molar-refractivity contribution in [1.29, 1.82) is 0 Å². The summed E-state index contributed by atoms with van der Waals surface area (Å²) in [6, 6.07) is 0. The van der Waals surface area contributed by atoms with Crippen LogP contribution >= 0.6 is 0 Å². The Morgan fingerprint density at radius 3 is 0.737 bits per heavy atom. The third-order valence-electron chi connectivity index (χ3n) is 3.67. The second-order valence-corrected chi connectivity index (χ2v) is 24.8. The van der Waals surface area contributed by atoms with Crippen LogP contribution in [-0.4, -0.2) is 102 Å². The Bertz CT molecular complexity index is 201. The summed E-state index contributed by atoms with van der Waals surface area (Å²) in [6.07, 6.45) is 0. The topological polar surface area (TPSA) is 6.48 Å². The number of hydrogen-bond acceptors (Lipinski definition) is 2. The summed E-state index contributed by atoms with van der Waals surface area (Å²) < 4.78 is 5.26. The number of hydrogen-bond donors (Lipinski definition) is 0. The second-order valence-electron chi connectivity index (χ2n) is 7.75. The van der Waals surface area contributed by atoms with E-state index in [1.54, 1.807) is 0 Å². The molecule has 0 spiro atoms. The molecule has 116 valence electrons. The molecule has 19 heavy (non-hydrogen) atoms. The first-order valence-corrected chi connectivity index (χ1v) is 19.7. The van der Waals surface area contributed by atoms with Crippen molar-refractivity contribution in [2.75, 3.05) is 14.1 Å². The fraction of sp³-hybridized carbons (Fsp3) is 1.00. The summed E-state index contributed by atoms with van der Waals surface area (Å²) in [6.45, 7) is 24.0. The standard InChI is InChI=1S/2C6H19NSi2.Sr.2H/c2*1-7(8(2)3)9(4,5)6;;;/h2*8H,1-6H3;;;. The molecule has 0 heterocycles. The van der Waals surface area contributed by atoms with Crippen molar-refractivity contribution < 1.29 is 0 Å². The quantitative estimate of drug-likeness (QED) is 0.655. The third kappa shape index (κ3) is 13.6. The Labute approximate surface area is 166 Å². The van der Waals surface area contributed by atoms with Crippen LogP contribution in [0, 0.1) is 0 Å². The van der Waals surface area contributed by atoms with Crippen LogP contribution in [0.5, 0.6) is 0 Å². The van der Waals surface area contributed by atoms with Crippen LogP contribution in [0.1, 0.15) is 0 Å². The molecule has 0 aliphatic rings. The molecule has 0 saturated heterocycles. The number of rotatable bonds is 4. The van der Waals surface area contributed by atoms with Crippen molar-refractivity contribution in [3.8, 4) is 0 Å². The molecule has 0 aliphatic heterocycles. The SMILES string of the molecule is CN([SiH](C)C)[Si](C)(C)C.CN([SiH](C)C)[Si](C)(C)C.[SrH2]. The first-order valence-electron chi connectivity index (χ1n) is 7.17. The van der Waals surface area contributed by atoms with Gasteiger partial charge in [-0.3, -0.25) is 0 Å². The van der Waals surface area contributed by atoms with E-state index in [1.807, 2.05) is 0 Å². The van der Waals surface area contributed by atoms with E-state index in [2.05, 4.69) is 88.0 Å². The molecular formula is C12H40N2Si4Sr. The normalized spacial score (nSPS) is 12.6. The monoisotopic (exact) mass is 412 g/mol. The van der Waals surface area contributed by atoms with E-state index in [1.165, 1.54) is 0 Å². The molecule has 0 radical (unpaired) electrons. The number of nitrogens with zero attached hydrogens (tertiary/aromatic N) is 2. The van der Waals surface area contributed by atoms with E-state index in [0.29, 0.717) is 0 Å². The first-order chi connectivity index (χ1) is 7.71. The molecule has 0 aromatic heterocycles. The van der Waals surface area contributed by atoms with Gasteiger partial charge < -0.3 is 8.46 Å². The zero-order valence-electron chi connectivity index (χ0n) is 15.0. The average molecular weight is 412 g/mol. The Kier molecular flexibility index (Phi) is 15.0. The fourth-order valence-corrected chi connectivity index (χ4v) is 13.9. The average Bonchev–Trinajstić information content (AvgIpc) is 2.13.